The van der Waals surface area contributed by atoms with E-state index in [0.29, 0.717) is 0 Å². The topological polar surface area (TPSA) is 121 Å². The third-order valence-electron chi connectivity index (χ3n) is 3.45. The summed E-state index contributed by atoms with van der Waals surface area (Å²) in [5.74, 6) is -2.12. The van der Waals surface area contributed by atoms with Crippen LogP contribution in [0.1, 0.15) is 18.5 Å². The molecule has 1 amide bonds. The van der Waals surface area contributed by atoms with Gasteiger partial charge < -0.3 is 15.1 Å². The number of aliphatic hydroxyl groups is 2. The van der Waals surface area contributed by atoms with Gasteiger partial charge in [-0.3, -0.25) is 19.7 Å². The van der Waals surface area contributed by atoms with Crippen LogP contribution in [0.15, 0.2) is 35.6 Å². The molecule has 2 rings (SSSR count). The minimum absolute atomic E-state index is 0.114. The van der Waals surface area contributed by atoms with E-state index in [9.17, 15) is 24.8 Å². The molecule has 1 atom stereocenters. The van der Waals surface area contributed by atoms with Gasteiger partial charge in [-0.1, -0.05) is 12.1 Å². The number of ketones is 1. The Bertz CT molecular complexity index is 682. The van der Waals surface area contributed by atoms with E-state index >= 15 is 0 Å². The highest BCUT2D eigenvalue weighted by Crippen LogP contribution is 2.40. The molecule has 1 unspecified atom stereocenters. The quantitative estimate of drug-likeness (QED) is 0.615. The predicted octanol–water partition coefficient (Wildman–Crippen LogP) is 0.871. The van der Waals surface area contributed by atoms with Gasteiger partial charge in [0.25, 0.3) is 11.6 Å². The summed E-state index contributed by atoms with van der Waals surface area (Å²) >= 11 is 0. The van der Waals surface area contributed by atoms with Crippen LogP contribution in [-0.2, 0) is 9.59 Å². The smallest absolute Gasteiger partial charge is 0.290 e. The summed E-state index contributed by atoms with van der Waals surface area (Å²) in [5, 5.41) is 30.2. The molecule has 1 aromatic carbocycles. The first kappa shape index (κ1) is 15.6. The molecule has 116 valence electrons. The van der Waals surface area contributed by atoms with Gasteiger partial charge in [0.15, 0.2) is 11.5 Å². The molecule has 22 heavy (non-hydrogen) atoms. The molecule has 1 aromatic rings. The SMILES string of the molecule is CC(=O)C1=C(O)C(=O)N(CCO)C1c1ccccc1[N+](=O)[O-]. The van der Waals surface area contributed by atoms with Crippen LogP contribution in [-0.4, -0.2) is 44.9 Å². The highest BCUT2D eigenvalue weighted by Gasteiger charge is 2.44. The number of benzene rings is 1. The van der Waals surface area contributed by atoms with Crippen molar-refractivity contribution in [3.05, 3.63) is 51.3 Å². The molecule has 0 spiro atoms. The first-order valence-corrected chi connectivity index (χ1v) is 6.49. The largest absolute Gasteiger partial charge is 0.503 e. The Hall–Kier alpha value is -2.74. The second-order valence-electron chi connectivity index (χ2n) is 4.76. The summed E-state index contributed by atoms with van der Waals surface area (Å²) in [6.07, 6.45) is 0. The Balaban J connectivity index is 2.65. The van der Waals surface area contributed by atoms with Crippen LogP contribution in [0.4, 0.5) is 5.69 Å². The number of amides is 1. The van der Waals surface area contributed by atoms with E-state index in [4.69, 9.17) is 5.11 Å². The number of aliphatic hydroxyl groups excluding tert-OH is 2. The monoisotopic (exact) mass is 306 g/mol. The molecule has 0 saturated carbocycles. The van der Waals surface area contributed by atoms with Crippen molar-refractivity contribution in [1.82, 2.24) is 4.90 Å². The normalized spacial score (nSPS) is 18.0. The van der Waals surface area contributed by atoms with Gasteiger partial charge in [-0.25, -0.2) is 0 Å². The van der Waals surface area contributed by atoms with Crippen molar-refractivity contribution in [2.45, 2.75) is 13.0 Å². The van der Waals surface area contributed by atoms with Crippen LogP contribution in [0.5, 0.6) is 0 Å². The third kappa shape index (κ3) is 2.44. The molecule has 0 radical (unpaired) electrons. The van der Waals surface area contributed by atoms with Crippen LogP contribution in [0.25, 0.3) is 0 Å². The third-order valence-corrected chi connectivity index (χ3v) is 3.45. The van der Waals surface area contributed by atoms with Gasteiger partial charge in [-0.2, -0.15) is 0 Å². The van der Waals surface area contributed by atoms with Crippen molar-refractivity contribution < 1.29 is 24.7 Å². The Morgan fingerprint density at radius 2 is 2.05 bits per heavy atom. The van der Waals surface area contributed by atoms with E-state index in [1.165, 1.54) is 31.2 Å². The molecule has 0 saturated heterocycles. The number of carbonyl (C=O) groups excluding carboxylic acids is 2. The molecular formula is C14H14N2O6. The summed E-state index contributed by atoms with van der Waals surface area (Å²) in [6.45, 7) is 0.612. The number of carbonyl (C=O) groups is 2. The number of nitrogens with zero attached hydrogens (tertiary/aromatic N) is 2. The zero-order valence-corrected chi connectivity index (χ0v) is 11.7. The number of para-hydroxylation sites is 1. The lowest BCUT2D eigenvalue weighted by Gasteiger charge is -2.25. The molecule has 1 aliphatic rings. The number of hydrogen-bond acceptors (Lipinski definition) is 6. The zero-order valence-electron chi connectivity index (χ0n) is 11.7. The van der Waals surface area contributed by atoms with Crippen molar-refractivity contribution in [2.24, 2.45) is 0 Å². The number of hydrogen-bond donors (Lipinski definition) is 2. The van der Waals surface area contributed by atoms with E-state index in [-0.39, 0.29) is 23.4 Å². The number of β-amino-alcohol motifs (C(OH)–C–C–N with tert-alkyl or cyclic N) is 1. The second-order valence-corrected chi connectivity index (χ2v) is 4.76. The molecule has 2 N–H and O–H groups in total. The average molecular weight is 306 g/mol. The van der Waals surface area contributed by atoms with Crippen LogP contribution in [0.2, 0.25) is 0 Å². The van der Waals surface area contributed by atoms with Gasteiger partial charge in [-0.05, 0) is 13.0 Å². The minimum atomic E-state index is -1.08. The van der Waals surface area contributed by atoms with Crippen LogP contribution >= 0.6 is 0 Å². The molecule has 0 bridgehead atoms. The maximum atomic E-state index is 12.1. The Morgan fingerprint density at radius 1 is 1.41 bits per heavy atom. The lowest BCUT2D eigenvalue weighted by Crippen LogP contribution is -2.33. The van der Waals surface area contributed by atoms with E-state index in [1.807, 2.05) is 0 Å². The number of nitro groups is 1. The maximum Gasteiger partial charge on any atom is 0.290 e. The van der Waals surface area contributed by atoms with Crippen LogP contribution in [0.3, 0.4) is 0 Å². The van der Waals surface area contributed by atoms with Gasteiger partial charge in [0, 0.05) is 12.6 Å². The Kier molecular flexibility index (Phi) is 4.22. The molecule has 0 fully saturated rings. The fraction of sp³-hybridized carbons (Fsp3) is 0.286. The van der Waals surface area contributed by atoms with E-state index < -0.39 is 35.0 Å². The number of Topliss-reactive ketones (excluding diaryl/α,β-unsaturated/α-hetero) is 1. The summed E-state index contributed by atoms with van der Waals surface area (Å²) < 4.78 is 0. The lowest BCUT2D eigenvalue weighted by molar-refractivity contribution is -0.385. The van der Waals surface area contributed by atoms with Crippen LogP contribution < -0.4 is 0 Å². The minimum Gasteiger partial charge on any atom is -0.503 e. The number of nitro benzene ring substituents is 1. The molecule has 8 nitrogen and oxygen atoms in total. The Morgan fingerprint density at radius 3 is 2.59 bits per heavy atom. The number of rotatable bonds is 5. The van der Waals surface area contributed by atoms with Gasteiger partial charge in [0.1, 0.15) is 0 Å². The molecule has 1 heterocycles. The molecule has 1 aliphatic heterocycles. The van der Waals surface area contributed by atoms with Crippen molar-refractivity contribution >= 4 is 17.4 Å². The van der Waals surface area contributed by atoms with Crippen molar-refractivity contribution in [2.75, 3.05) is 13.2 Å². The van der Waals surface area contributed by atoms with Crippen molar-refractivity contribution in [1.29, 1.82) is 0 Å². The summed E-state index contributed by atoms with van der Waals surface area (Å²) in [6, 6.07) is 4.59. The first-order valence-electron chi connectivity index (χ1n) is 6.49. The molecule has 8 heteroatoms. The Labute approximate surface area is 125 Å². The predicted molar refractivity (Wildman–Crippen MR) is 75.0 cm³/mol. The van der Waals surface area contributed by atoms with Gasteiger partial charge in [0.2, 0.25) is 0 Å². The average Bonchev–Trinajstić information content (AvgIpc) is 2.72. The second kappa shape index (κ2) is 5.94. The molecule has 0 aliphatic carbocycles. The molecule has 0 aromatic heterocycles. The maximum absolute atomic E-state index is 12.1. The zero-order chi connectivity index (χ0) is 16.4. The van der Waals surface area contributed by atoms with Gasteiger partial charge >= 0.3 is 0 Å². The van der Waals surface area contributed by atoms with E-state index in [0.717, 1.165) is 4.90 Å². The summed E-state index contributed by atoms with van der Waals surface area (Å²) in [5.41, 5.74) is -0.354. The highest BCUT2D eigenvalue weighted by atomic mass is 16.6. The van der Waals surface area contributed by atoms with Crippen LogP contribution in [0, 0.1) is 10.1 Å². The standard InChI is InChI=1S/C14H14N2O6/c1-8(18)11-12(15(6-7-17)14(20)13(11)19)9-4-2-3-5-10(9)16(21)22/h2-5,12,17,19H,6-7H2,1H3. The van der Waals surface area contributed by atoms with Gasteiger partial charge in [-0.15, -0.1) is 0 Å². The van der Waals surface area contributed by atoms with E-state index in [1.54, 1.807) is 0 Å². The van der Waals surface area contributed by atoms with E-state index in [2.05, 4.69) is 0 Å². The van der Waals surface area contributed by atoms with Crippen molar-refractivity contribution in [3.8, 4) is 0 Å². The fourth-order valence-electron chi connectivity index (χ4n) is 2.56. The summed E-state index contributed by atoms with van der Waals surface area (Å²) in [7, 11) is 0. The fourth-order valence-corrected chi connectivity index (χ4v) is 2.56. The molecular weight excluding hydrogens is 292 g/mol. The highest BCUT2D eigenvalue weighted by molar-refractivity contribution is 6.08. The lowest BCUT2D eigenvalue weighted by atomic mass is 9.95. The van der Waals surface area contributed by atoms with Crippen molar-refractivity contribution in [3.63, 3.8) is 0 Å². The van der Waals surface area contributed by atoms with Gasteiger partial charge in [0.05, 0.1) is 28.7 Å². The first-order chi connectivity index (χ1) is 10.4. The summed E-state index contributed by atoms with van der Waals surface area (Å²) in [4.78, 5) is 35.4.